The zero-order valence-corrected chi connectivity index (χ0v) is 13.4. The van der Waals surface area contributed by atoms with Crippen molar-refractivity contribution in [3.63, 3.8) is 0 Å². The quantitative estimate of drug-likeness (QED) is 0.814. The summed E-state index contributed by atoms with van der Waals surface area (Å²) < 4.78 is 39.3. The molecule has 1 aliphatic carbocycles. The van der Waals surface area contributed by atoms with Crippen molar-refractivity contribution >= 4 is 21.8 Å². The Morgan fingerprint density at radius 1 is 1.36 bits per heavy atom. The summed E-state index contributed by atoms with van der Waals surface area (Å²) in [7, 11) is -1.66. The molecule has 122 valence electrons. The molecule has 0 aromatic carbocycles. The van der Waals surface area contributed by atoms with E-state index < -0.39 is 15.8 Å². The lowest BCUT2D eigenvalue weighted by atomic mass is 9.99. The molecule has 0 spiro atoms. The smallest absolute Gasteiger partial charge is 0.227 e. The van der Waals surface area contributed by atoms with Gasteiger partial charge in [0.1, 0.15) is 0 Å². The van der Waals surface area contributed by atoms with Crippen LogP contribution in [0, 0.1) is 17.7 Å². The fraction of sp³-hybridized carbons (Fsp3) is 0.692. The Balaban J connectivity index is 1.81. The summed E-state index contributed by atoms with van der Waals surface area (Å²) in [5.41, 5.74) is 0. The molecule has 0 amide bonds. The first-order chi connectivity index (χ1) is 10.4. The van der Waals surface area contributed by atoms with E-state index in [0.29, 0.717) is 25.0 Å². The predicted molar refractivity (Wildman–Crippen MR) is 81.7 cm³/mol. The fourth-order valence-corrected chi connectivity index (χ4v) is 3.88. The van der Waals surface area contributed by atoms with Crippen molar-refractivity contribution < 1.29 is 12.8 Å². The highest BCUT2D eigenvalue weighted by Crippen LogP contribution is 2.42. The van der Waals surface area contributed by atoms with E-state index in [1.807, 2.05) is 4.90 Å². The predicted octanol–water partition coefficient (Wildman–Crippen LogP) is 0.421. The number of rotatable bonds is 5. The van der Waals surface area contributed by atoms with Crippen LogP contribution in [0.15, 0.2) is 6.20 Å². The van der Waals surface area contributed by atoms with Crippen molar-refractivity contribution in [2.45, 2.75) is 18.9 Å². The third-order valence-corrected chi connectivity index (χ3v) is 4.94. The van der Waals surface area contributed by atoms with Gasteiger partial charge in [0.25, 0.3) is 0 Å². The summed E-state index contributed by atoms with van der Waals surface area (Å²) in [5.74, 6) is 0.867. The molecule has 2 fully saturated rings. The normalized spacial score (nSPS) is 25.5. The summed E-state index contributed by atoms with van der Waals surface area (Å²) in [6, 6.07) is -0.144. The molecule has 7 nitrogen and oxygen atoms in total. The number of halogens is 1. The molecule has 1 aliphatic heterocycles. The van der Waals surface area contributed by atoms with Crippen LogP contribution >= 0.6 is 0 Å². The van der Waals surface area contributed by atoms with Crippen LogP contribution < -0.4 is 14.9 Å². The first-order valence-corrected chi connectivity index (χ1v) is 9.19. The Bertz CT molecular complexity index is 664. The maximum Gasteiger partial charge on any atom is 0.227 e. The summed E-state index contributed by atoms with van der Waals surface area (Å²) in [6.45, 7) is 1.19. The minimum absolute atomic E-state index is 0.144. The lowest BCUT2D eigenvalue weighted by Gasteiger charge is -2.17. The van der Waals surface area contributed by atoms with Gasteiger partial charge in [0.15, 0.2) is 11.6 Å². The molecule has 2 atom stereocenters. The number of nitrogens with zero attached hydrogens (tertiary/aromatic N) is 3. The molecule has 1 aromatic rings. The van der Waals surface area contributed by atoms with Crippen molar-refractivity contribution in [1.82, 2.24) is 14.7 Å². The summed E-state index contributed by atoms with van der Waals surface area (Å²) in [5, 5.41) is 2.69. The van der Waals surface area contributed by atoms with E-state index >= 15 is 0 Å². The van der Waals surface area contributed by atoms with Gasteiger partial charge < -0.3 is 10.2 Å². The average molecular weight is 329 g/mol. The fourth-order valence-electron chi connectivity index (χ4n) is 3.08. The van der Waals surface area contributed by atoms with Crippen molar-refractivity contribution in [3.05, 3.63) is 12.0 Å². The van der Waals surface area contributed by atoms with Gasteiger partial charge in [-0.15, -0.1) is 0 Å². The molecule has 0 unspecified atom stereocenters. The second kappa shape index (κ2) is 5.62. The monoisotopic (exact) mass is 329 g/mol. The van der Waals surface area contributed by atoms with Crippen molar-refractivity contribution in [2.75, 3.05) is 36.6 Å². The standard InChI is InChI=1S/C13H20FN5O2S/c1-15-12-10(14)5-16-13(17-12)19-6-9(8-3-4-8)11(7-19)18-22(2,20)21/h5,8-9,11,18H,3-4,6-7H2,1-2H3,(H,15,16,17)/t9-,11+/m0/s1. The maximum atomic E-state index is 13.5. The van der Waals surface area contributed by atoms with Crippen LogP contribution in [0.2, 0.25) is 0 Å². The summed E-state index contributed by atoms with van der Waals surface area (Å²) in [4.78, 5) is 10.1. The van der Waals surface area contributed by atoms with Gasteiger partial charge in [-0.2, -0.15) is 4.98 Å². The molecule has 1 saturated heterocycles. The van der Waals surface area contributed by atoms with Crippen molar-refractivity contribution in [2.24, 2.45) is 11.8 Å². The van der Waals surface area contributed by atoms with Crippen LogP contribution in [-0.2, 0) is 10.0 Å². The first-order valence-electron chi connectivity index (χ1n) is 7.30. The lowest BCUT2D eigenvalue weighted by molar-refractivity contribution is 0.427. The van der Waals surface area contributed by atoms with Gasteiger partial charge >= 0.3 is 0 Å². The Kier molecular flexibility index (Phi) is 3.94. The van der Waals surface area contributed by atoms with Gasteiger partial charge in [0.05, 0.1) is 12.5 Å². The van der Waals surface area contributed by atoms with Crippen LogP contribution in [0.4, 0.5) is 16.2 Å². The zero-order valence-electron chi connectivity index (χ0n) is 12.6. The molecule has 0 bridgehead atoms. The average Bonchev–Trinajstić information content (AvgIpc) is 3.20. The van der Waals surface area contributed by atoms with E-state index in [4.69, 9.17) is 0 Å². The van der Waals surface area contributed by atoms with Crippen LogP contribution in [0.3, 0.4) is 0 Å². The third kappa shape index (κ3) is 3.30. The Morgan fingerprint density at radius 2 is 2.09 bits per heavy atom. The number of anilines is 2. The number of hydrogen-bond donors (Lipinski definition) is 2. The Morgan fingerprint density at radius 3 is 2.68 bits per heavy atom. The highest BCUT2D eigenvalue weighted by molar-refractivity contribution is 7.88. The zero-order chi connectivity index (χ0) is 15.9. The van der Waals surface area contributed by atoms with Gasteiger partial charge in [-0.1, -0.05) is 0 Å². The number of nitrogens with one attached hydrogen (secondary N) is 2. The Hall–Kier alpha value is -1.48. The van der Waals surface area contributed by atoms with E-state index in [2.05, 4.69) is 20.0 Å². The second-order valence-electron chi connectivity index (χ2n) is 6.02. The molecule has 3 rings (SSSR count). The molecule has 22 heavy (non-hydrogen) atoms. The van der Waals surface area contributed by atoms with Gasteiger partial charge in [-0.05, 0) is 24.7 Å². The highest BCUT2D eigenvalue weighted by Gasteiger charge is 2.44. The molecule has 0 radical (unpaired) electrons. The third-order valence-electron chi connectivity index (χ3n) is 4.21. The number of hydrogen-bond acceptors (Lipinski definition) is 6. The highest BCUT2D eigenvalue weighted by atomic mass is 32.2. The molecule has 1 saturated carbocycles. The van der Waals surface area contributed by atoms with Gasteiger partial charge in [0.2, 0.25) is 16.0 Å². The molecular formula is C13H20FN5O2S. The van der Waals surface area contributed by atoms with Crippen LogP contribution in [-0.4, -0.2) is 50.8 Å². The molecule has 9 heteroatoms. The molecule has 2 heterocycles. The summed E-state index contributed by atoms with van der Waals surface area (Å²) >= 11 is 0. The van der Waals surface area contributed by atoms with Gasteiger partial charge in [-0.3, -0.25) is 0 Å². The van der Waals surface area contributed by atoms with E-state index in [1.54, 1.807) is 7.05 Å². The largest absolute Gasteiger partial charge is 0.371 e. The SMILES string of the molecule is CNc1nc(N2C[C@@H](NS(C)(=O)=O)[C@H](C3CC3)C2)ncc1F. The van der Waals surface area contributed by atoms with E-state index in [0.717, 1.165) is 19.0 Å². The minimum atomic E-state index is -3.26. The van der Waals surface area contributed by atoms with E-state index in [9.17, 15) is 12.8 Å². The van der Waals surface area contributed by atoms with Gasteiger partial charge in [0, 0.05) is 26.2 Å². The number of sulfonamides is 1. The van der Waals surface area contributed by atoms with E-state index in [-0.39, 0.29) is 17.8 Å². The molecular weight excluding hydrogens is 309 g/mol. The van der Waals surface area contributed by atoms with Crippen LogP contribution in [0.5, 0.6) is 0 Å². The maximum absolute atomic E-state index is 13.5. The second-order valence-corrected chi connectivity index (χ2v) is 7.80. The molecule has 2 aliphatic rings. The van der Waals surface area contributed by atoms with E-state index in [1.165, 1.54) is 6.26 Å². The van der Waals surface area contributed by atoms with Crippen LogP contribution in [0.25, 0.3) is 0 Å². The first kappa shape index (κ1) is 15.4. The number of aromatic nitrogens is 2. The lowest BCUT2D eigenvalue weighted by Crippen LogP contribution is -2.40. The van der Waals surface area contributed by atoms with Crippen LogP contribution in [0.1, 0.15) is 12.8 Å². The van der Waals surface area contributed by atoms with Crippen molar-refractivity contribution in [1.29, 1.82) is 0 Å². The summed E-state index contributed by atoms with van der Waals surface area (Å²) in [6.07, 6.45) is 4.57. The van der Waals surface area contributed by atoms with Crippen molar-refractivity contribution in [3.8, 4) is 0 Å². The molecule has 1 aromatic heterocycles. The topological polar surface area (TPSA) is 87.2 Å². The molecule has 2 N–H and O–H groups in total. The Labute approximate surface area is 129 Å². The van der Waals surface area contributed by atoms with Gasteiger partial charge in [-0.25, -0.2) is 22.5 Å². The minimum Gasteiger partial charge on any atom is -0.371 e.